The van der Waals surface area contributed by atoms with E-state index in [9.17, 15) is 4.79 Å². The molecule has 0 aliphatic heterocycles. The molecular weight excluding hydrogens is 132 g/mol. The van der Waals surface area contributed by atoms with Gasteiger partial charge in [-0.05, 0) is 6.42 Å². The number of hydrogen-bond acceptors (Lipinski definition) is 3. The number of rotatable bonds is 1. The van der Waals surface area contributed by atoms with Crippen LogP contribution in [0.5, 0.6) is 0 Å². The molecule has 1 heterocycles. The van der Waals surface area contributed by atoms with Crippen LogP contribution >= 0.6 is 0 Å². The normalized spacial score (nSPS) is 10.2. The second-order valence-electron chi connectivity index (χ2n) is 2.09. The monoisotopic (exact) mass is 142 g/mol. The summed E-state index contributed by atoms with van der Waals surface area (Å²) in [6.07, 6.45) is 0.620. The number of aromatic nitrogens is 1. The molecule has 0 atom stereocenters. The van der Waals surface area contributed by atoms with E-state index in [2.05, 4.69) is 4.52 Å². The predicted octanol–water partition coefficient (Wildman–Crippen LogP) is 0.123. The van der Waals surface area contributed by atoms with Crippen LogP contribution in [0.15, 0.2) is 9.32 Å². The maximum absolute atomic E-state index is 10.8. The number of hydrogen-bond donors (Lipinski definition) is 1. The average molecular weight is 142 g/mol. The van der Waals surface area contributed by atoms with Crippen LogP contribution < -0.4 is 11.4 Å². The lowest BCUT2D eigenvalue weighted by atomic mass is 10.2. The summed E-state index contributed by atoms with van der Waals surface area (Å²) in [6, 6.07) is 0. The van der Waals surface area contributed by atoms with Gasteiger partial charge in [0.25, 0.3) is 0 Å². The van der Waals surface area contributed by atoms with E-state index in [4.69, 9.17) is 5.73 Å². The average Bonchev–Trinajstić information content (AvgIpc) is 2.09. The van der Waals surface area contributed by atoms with E-state index in [0.29, 0.717) is 17.8 Å². The fourth-order valence-electron chi connectivity index (χ4n) is 0.849. The number of aryl methyl sites for hydroxylation is 1. The number of nitrogens with two attached hydrogens (primary N) is 1. The zero-order valence-electron chi connectivity index (χ0n) is 6.05. The Hall–Kier alpha value is -1.19. The molecule has 0 saturated heterocycles. The van der Waals surface area contributed by atoms with Crippen LogP contribution in [0, 0.1) is 0 Å². The van der Waals surface area contributed by atoms with E-state index in [1.807, 2.05) is 6.92 Å². The molecule has 1 rings (SSSR count). The summed E-state index contributed by atoms with van der Waals surface area (Å²) in [7, 11) is 1.61. The molecule has 0 unspecified atom stereocenters. The SMILES string of the molecule is CCc1c(N)n(C)oc1=O. The number of nitrogen functional groups attached to an aromatic ring is 1. The molecule has 0 aliphatic rings. The highest BCUT2D eigenvalue weighted by molar-refractivity contribution is 5.36. The Morgan fingerprint density at radius 1 is 1.70 bits per heavy atom. The van der Waals surface area contributed by atoms with Gasteiger partial charge < -0.3 is 10.3 Å². The first-order valence-corrected chi connectivity index (χ1v) is 3.11. The third-order valence-electron chi connectivity index (χ3n) is 1.47. The van der Waals surface area contributed by atoms with Crippen molar-refractivity contribution >= 4 is 5.82 Å². The van der Waals surface area contributed by atoms with Gasteiger partial charge in [0, 0.05) is 7.05 Å². The van der Waals surface area contributed by atoms with Crippen molar-refractivity contribution in [2.24, 2.45) is 7.05 Å². The van der Waals surface area contributed by atoms with Gasteiger partial charge in [-0.1, -0.05) is 6.92 Å². The van der Waals surface area contributed by atoms with Gasteiger partial charge in [-0.2, -0.15) is 4.74 Å². The van der Waals surface area contributed by atoms with Gasteiger partial charge in [-0.3, -0.25) is 0 Å². The summed E-state index contributed by atoms with van der Waals surface area (Å²) in [5.41, 5.74) is 5.71. The number of nitrogens with zero attached hydrogens (tertiary/aromatic N) is 1. The van der Waals surface area contributed by atoms with E-state index in [0.717, 1.165) is 0 Å². The molecule has 1 aromatic rings. The van der Waals surface area contributed by atoms with E-state index in [1.165, 1.54) is 4.74 Å². The molecule has 4 nitrogen and oxygen atoms in total. The maximum atomic E-state index is 10.8. The smallest absolute Gasteiger partial charge is 0.362 e. The summed E-state index contributed by atoms with van der Waals surface area (Å²) in [6.45, 7) is 1.86. The summed E-state index contributed by atoms with van der Waals surface area (Å²) in [5, 5.41) is 0. The summed E-state index contributed by atoms with van der Waals surface area (Å²) >= 11 is 0. The van der Waals surface area contributed by atoms with Crippen molar-refractivity contribution in [1.82, 2.24) is 4.74 Å². The minimum atomic E-state index is -0.331. The minimum Gasteiger partial charge on any atom is -0.382 e. The Bertz CT molecular complexity index is 284. The van der Waals surface area contributed by atoms with Crippen LogP contribution in [0.2, 0.25) is 0 Å². The highest BCUT2D eigenvalue weighted by atomic mass is 16.5. The van der Waals surface area contributed by atoms with Crippen LogP contribution in [0.1, 0.15) is 12.5 Å². The van der Waals surface area contributed by atoms with Crippen molar-refractivity contribution in [3.05, 3.63) is 16.0 Å². The Kier molecular flexibility index (Phi) is 1.53. The zero-order chi connectivity index (χ0) is 7.72. The molecule has 56 valence electrons. The molecule has 0 radical (unpaired) electrons. The second-order valence-corrected chi connectivity index (χ2v) is 2.09. The minimum absolute atomic E-state index is 0.331. The molecule has 0 aliphatic carbocycles. The first-order chi connectivity index (χ1) is 4.66. The fraction of sp³-hybridized carbons (Fsp3) is 0.500. The standard InChI is InChI=1S/C6H10N2O2/c1-3-4-5(7)8(2)10-6(4)9/h3,7H2,1-2H3. The van der Waals surface area contributed by atoms with Gasteiger partial charge in [-0.15, -0.1) is 0 Å². The van der Waals surface area contributed by atoms with Gasteiger partial charge in [0.1, 0.15) is 5.82 Å². The first kappa shape index (κ1) is 6.92. The van der Waals surface area contributed by atoms with Crippen molar-refractivity contribution < 1.29 is 4.52 Å². The van der Waals surface area contributed by atoms with E-state index >= 15 is 0 Å². The second kappa shape index (κ2) is 2.21. The fourth-order valence-corrected chi connectivity index (χ4v) is 0.849. The number of anilines is 1. The molecule has 0 aromatic carbocycles. The maximum Gasteiger partial charge on any atom is 0.362 e. The lowest BCUT2D eigenvalue weighted by molar-refractivity contribution is 0.289. The van der Waals surface area contributed by atoms with E-state index < -0.39 is 0 Å². The third kappa shape index (κ3) is 0.814. The molecule has 10 heavy (non-hydrogen) atoms. The van der Waals surface area contributed by atoms with Crippen LogP contribution in [0.4, 0.5) is 5.82 Å². The van der Waals surface area contributed by atoms with Crippen LogP contribution in [0.3, 0.4) is 0 Å². The van der Waals surface area contributed by atoms with Gasteiger partial charge in [-0.25, -0.2) is 4.79 Å². The predicted molar refractivity (Wildman–Crippen MR) is 37.7 cm³/mol. The molecule has 2 N–H and O–H groups in total. The highest BCUT2D eigenvalue weighted by Gasteiger charge is 2.08. The van der Waals surface area contributed by atoms with Gasteiger partial charge >= 0.3 is 5.63 Å². The summed E-state index contributed by atoms with van der Waals surface area (Å²) in [5.74, 6) is 0.424. The Balaban J connectivity index is 3.34. The quantitative estimate of drug-likeness (QED) is 0.606. The lowest BCUT2D eigenvalue weighted by Gasteiger charge is -1.91. The van der Waals surface area contributed by atoms with Gasteiger partial charge in [0.15, 0.2) is 0 Å². The molecular formula is C6H10N2O2. The summed E-state index contributed by atoms with van der Waals surface area (Å²) in [4.78, 5) is 10.8. The van der Waals surface area contributed by atoms with Crippen molar-refractivity contribution in [3.63, 3.8) is 0 Å². The molecule has 4 heteroatoms. The Morgan fingerprint density at radius 2 is 2.30 bits per heavy atom. The van der Waals surface area contributed by atoms with Crippen molar-refractivity contribution in [2.75, 3.05) is 5.73 Å². The van der Waals surface area contributed by atoms with E-state index in [-0.39, 0.29) is 5.63 Å². The van der Waals surface area contributed by atoms with Crippen LogP contribution in [0.25, 0.3) is 0 Å². The molecule has 0 amide bonds. The topological polar surface area (TPSA) is 61.2 Å². The van der Waals surface area contributed by atoms with E-state index in [1.54, 1.807) is 7.05 Å². The lowest BCUT2D eigenvalue weighted by Crippen LogP contribution is -2.01. The van der Waals surface area contributed by atoms with Crippen LogP contribution in [-0.2, 0) is 13.5 Å². The van der Waals surface area contributed by atoms with Gasteiger partial charge in [0.2, 0.25) is 0 Å². The van der Waals surface area contributed by atoms with Gasteiger partial charge in [0.05, 0.1) is 5.56 Å². The highest BCUT2D eigenvalue weighted by Crippen LogP contribution is 2.05. The Labute approximate surface area is 58.2 Å². The molecule has 0 saturated carbocycles. The summed E-state index contributed by atoms with van der Waals surface area (Å²) < 4.78 is 5.95. The van der Waals surface area contributed by atoms with Crippen molar-refractivity contribution in [2.45, 2.75) is 13.3 Å². The molecule has 0 fully saturated rings. The third-order valence-corrected chi connectivity index (χ3v) is 1.47. The van der Waals surface area contributed by atoms with Crippen molar-refractivity contribution in [1.29, 1.82) is 0 Å². The molecule has 1 aromatic heterocycles. The Morgan fingerprint density at radius 3 is 2.50 bits per heavy atom. The van der Waals surface area contributed by atoms with Crippen LogP contribution in [-0.4, -0.2) is 4.74 Å². The van der Waals surface area contributed by atoms with Crippen molar-refractivity contribution in [3.8, 4) is 0 Å². The largest absolute Gasteiger partial charge is 0.382 e. The molecule has 0 bridgehead atoms. The zero-order valence-corrected chi connectivity index (χ0v) is 6.05. The molecule has 0 spiro atoms. The first-order valence-electron chi connectivity index (χ1n) is 3.11.